The minimum absolute atomic E-state index is 0.0447. The van der Waals surface area contributed by atoms with Gasteiger partial charge in [-0.05, 0) is 64.2 Å². The summed E-state index contributed by atoms with van der Waals surface area (Å²) in [5, 5.41) is 6.25. The molecular weight excluding hydrogens is 338 g/mol. The second-order valence-electron chi connectivity index (χ2n) is 8.10. The van der Waals surface area contributed by atoms with Crippen LogP contribution in [0.15, 0.2) is 42.6 Å². The maximum atomic E-state index is 12.4. The molecule has 1 fully saturated rings. The van der Waals surface area contributed by atoms with E-state index in [0.29, 0.717) is 5.69 Å². The van der Waals surface area contributed by atoms with Crippen LogP contribution >= 0.6 is 0 Å². The van der Waals surface area contributed by atoms with Crippen molar-refractivity contribution in [3.63, 3.8) is 0 Å². The van der Waals surface area contributed by atoms with Crippen molar-refractivity contribution in [3.8, 4) is 0 Å². The normalized spacial score (nSPS) is 15.5. The second kappa shape index (κ2) is 7.96. The Morgan fingerprint density at radius 2 is 1.59 bits per heavy atom. The van der Waals surface area contributed by atoms with Crippen LogP contribution in [0.1, 0.15) is 31.3 Å². The van der Waals surface area contributed by atoms with E-state index in [9.17, 15) is 4.79 Å². The summed E-state index contributed by atoms with van der Waals surface area (Å²) in [6.45, 7) is 10.5. The highest BCUT2D eigenvalue weighted by Crippen LogP contribution is 2.20. The predicted octanol–water partition coefficient (Wildman–Crippen LogP) is 3.30. The van der Waals surface area contributed by atoms with Gasteiger partial charge in [0.2, 0.25) is 0 Å². The molecule has 2 N–H and O–H groups in total. The molecule has 0 unspecified atom stereocenters. The maximum absolute atomic E-state index is 12.4. The number of hydrogen-bond donors (Lipinski definition) is 2. The molecule has 0 radical (unpaired) electrons. The van der Waals surface area contributed by atoms with Gasteiger partial charge in [-0.1, -0.05) is 0 Å². The number of likely N-dealkylation sites (N-methyl/N-ethyl adjacent to an activating group) is 1. The lowest BCUT2D eigenvalue weighted by Crippen LogP contribution is -2.44. The molecule has 1 aliphatic heterocycles. The van der Waals surface area contributed by atoms with Gasteiger partial charge >= 0.3 is 0 Å². The number of carbonyl (C=O) groups is 1. The number of pyridine rings is 1. The number of nitrogens with zero attached hydrogens (tertiary/aromatic N) is 3. The van der Waals surface area contributed by atoms with Crippen molar-refractivity contribution in [3.05, 3.63) is 48.3 Å². The van der Waals surface area contributed by atoms with Crippen LogP contribution in [-0.4, -0.2) is 54.6 Å². The van der Waals surface area contributed by atoms with Crippen LogP contribution in [0.25, 0.3) is 0 Å². The molecule has 0 spiro atoms. The zero-order valence-corrected chi connectivity index (χ0v) is 16.6. The highest BCUT2D eigenvalue weighted by atomic mass is 16.1. The van der Waals surface area contributed by atoms with Crippen molar-refractivity contribution >= 4 is 23.0 Å². The fourth-order valence-corrected chi connectivity index (χ4v) is 3.05. The highest BCUT2D eigenvalue weighted by molar-refractivity contribution is 6.03. The van der Waals surface area contributed by atoms with E-state index in [1.807, 2.05) is 18.2 Å². The number of rotatable bonds is 4. The summed E-state index contributed by atoms with van der Waals surface area (Å²) >= 11 is 0. The maximum Gasteiger partial charge on any atom is 0.274 e. The second-order valence-corrected chi connectivity index (χ2v) is 8.10. The Balaban J connectivity index is 1.59. The molecule has 1 saturated heterocycles. The fourth-order valence-electron chi connectivity index (χ4n) is 3.05. The first-order valence-electron chi connectivity index (χ1n) is 9.39. The van der Waals surface area contributed by atoms with Crippen LogP contribution in [0, 0.1) is 0 Å². The van der Waals surface area contributed by atoms with Crippen LogP contribution in [0.4, 0.5) is 17.1 Å². The van der Waals surface area contributed by atoms with Crippen LogP contribution in [-0.2, 0) is 0 Å². The zero-order valence-electron chi connectivity index (χ0n) is 16.6. The summed E-state index contributed by atoms with van der Waals surface area (Å²) in [5.41, 5.74) is 3.22. The SMILES string of the molecule is CN1CCN(c2ccc(NC(=O)c3ccc(NC(C)(C)C)cn3)cc2)CC1. The Labute approximate surface area is 161 Å². The number of anilines is 3. The lowest BCUT2D eigenvalue weighted by Gasteiger charge is -2.34. The van der Waals surface area contributed by atoms with Gasteiger partial charge in [-0.15, -0.1) is 0 Å². The van der Waals surface area contributed by atoms with Gasteiger partial charge in [0, 0.05) is 43.1 Å². The fraction of sp³-hybridized carbons (Fsp3) is 0.429. The van der Waals surface area contributed by atoms with Gasteiger partial charge in [-0.2, -0.15) is 0 Å². The number of aromatic nitrogens is 1. The van der Waals surface area contributed by atoms with Crippen molar-refractivity contribution < 1.29 is 4.79 Å². The number of hydrogen-bond acceptors (Lipinski definition) is 5. The molecule has 0 atom stereocenters. The molecule has 0 aliphatic carbocycles. The zero-order chi connectivity index (χ0) is 19.4. The van der Waals surface area contributed by atoms with Crippen LogP contribution in [0.3, 0.4) is 0 Å². The third-order valence-corrected chi connectivity index (χ3v) is 4.51. The molecule has 1 aromatic carbocycles. The molecule has 1 amide bonds. The van der Waals surface area contributed by atoms with Crippen LogP contribution in [0.2, 0.25) is 0 Å². The van der Waals surface area contributed by atoms with Gasteiger partial charge in [0.15, 0.2) is 0 Å². The average molecular weight is 367 g/mol. The first kappa shape index (κ1) is 19.2. The number of amides is 1. The third-order valence-electron chi connectivity index (χ3n) is 4.51. The van der Waals surface area contributed by atoms with Crippen LogP contribution < -0.4 is 15.5 Å². The quantitative estimate of drug-likeness (QED) is 0.868. The third kappa shape index (κ3) is 5.44. The minimum atomic E-state index is -0.204. The van der Waals surface area contributed by atoms with E-state index in [1.165, 1.54) is 5.69 Å². The van der Waals surface area contributed by atoms with Crippen molar-refractivity contribution in [2.75, 3.05) is 48.8 Å². The molecule has 1 aliphatic rings. The summed E-state index contributed by atoms with van der Waals surface area (Å²) in [4.78, 5) is 21.4. The lowest BCUT2D eigenvalue weighted by atomic mass is 10.1. The van der Waals surface area contributed by atoms with E-state index in [-0.39, 0.29) is 11.4 Å². The average Bonchev–Trinajstić information content (AvgIpc) is 2.62. The molecule has 144 valence electrons. The van der Waals surface area contributed by atoms with E-state index in [4.69, 9.17) is 0 Å². The predicted molar refractivity (Wildman–Crippen MR) is 112 cm³/mol. The standard InChI is InChI=1S/C21H29N5O/c1-21(2,3)24-17-7-10-19(22-15-17)20(27)23-16-5-8-18(9-6-16)26-13-11-25(4)12-14-26/h5-10,15,24H,11-14H2,1-4H3,(H,23,27). The van der Waals surface area contributed by atoms with Crippen LogP contribution in [0.5, 0.6) is 0 Å². The molecule has 6 nitrogen and oxygen atoms in total. The molecule has 0 saturated carbocycles. The highest BCUT2D eigenvalue weighted by Gasteiger charge is 2.15. The van der Waals surface area contributed by atoms with Gasteiger partial charge in [0.25, 0.3) is 5.91 Å². The van der Waals surface area contributed by atoms with E-state index in [1.54, 1.807) is 12.3 Å². The summed E-state index contributed by atoms with van der Waals surface area (Å²) in [7, 11) is 2.15. The van der Waals surface area contributed by atoms with E-state index < -0.39 is 0 Å². The summed E-state index contributed by atoms with van der Waals surface area (Å²) in [6, 6.07) is 11.6. The van der Waals surface area contributed by atoms with E-state index >= 15 is 0 Å². The Morgan fingerprint density at radius 1 is 0.963 bits per heavy atom. The largest absolute Gasteiger partial charge is 0.379 e. The first-order valence-corrected chi connectivity index (χ1v) is 9.39. The number of benzene rings is 1. The van der Waals surface area contributed by atoms with Crippen molar-refractivity contribution in [2.45, 2.75) is 26.3 Å². The Kier molecular flexibility index (Phi) is 5.65. The minimum Gasteiger partial charge on any atom is -0.379 e. The molecule has 1 aromatic heterocycles. The van der Waals surface area contributed by atoms with Gasteiger partial charge in [0.05, 0.1) is 11.9 Å². The molecule has 6 heteroatoms. The van der Waals surface area contributed by atoms with Crippen molar-refractivity contribution in [2.24, 2.45) is 0 Å². The van der Waals surface area contributed by atoms with Crippen molar-refractivity contribution in [1.82, 2.24) is 9.88 Å². The molecule has 3 rings (SSSR count). The van der Waals surface area contributed by atoms with Gasteiger partial charge in [-0.3, -0.25) is 4.79 Å². The smallest absolute Gasteiger partial charge is 0.274 e. The summed E-state index contributed by atoms with van der Waals surface area (Å²) in [5.74, 6) is -0.204. The molecule has 2 aromatic rings. The molecule has 0 bridgehead atoms. The van der Waals surface area contributed by atoms with E-state index in [0.717, 1.165) is 37.6 Å². The monoisotopic (exact) mass is 367 g/mol. The van der Waals surface area contributed by atoms with Gasteiger partial charge < -0.3 is 20.4 Å². The molecule has 27 heavy (non-hydrogen) atoms. The molecule has 2 heterocycles. The summed E-state index contributed by atoms with van der Waals surface area (Å²) in [6.07, 6.45) is 1.69. The number of nitrogens with one attached hydrogen (secondary N) is 2. The summed E-state index contributed by atoms with van der Waals surface area (Å²) < 4.78 is 0. The van der Waals surface area contributed by atoms with Gasteiger partial charge in [-0.25, -0.2) is 4.98 Å². The lowest BCUT2D eigenvalue weighted by molar-refractivity contribution is 0.102. The van der Waals surface area contributed by atoms with Crippen molar-refractivity contribution in [1.29, 1.82) is 0 Å². The Bertz CT molecular complexity index is 757. The van der Waals surface area contributed by atoms with Gasteiger partial charge in [0.1, 0.15) is 5.69 Å². The first-order chi connectivity index (χ1) is 12.8. The van der Waals surface area contributed by atoms with E-state index in [2.05, 4.69) is 65.4 Å². The number of carbonyl (C=O) groups excluding carboxylic acids is 1. The Morgan fingerprint density at radius 3 is 2.15 bits per heavy atom. The number of piperazine rings is 1. The topological polar surface area (TPSA) is 60.5 Å². The molecular formula is C21H29N5O. The Hall–Kier alpha value is -2.60.